The van der Waals surface area contributed by atoms with Crippen LogP contribution in [0.4, 0.5) is 27.6 Å². The minimum Gasteiger partial charge on any atom is -0.496 e. The van der Waals surface area contributed by atoms with Gasteiger partial charge in [0.2, 0.25) is 0 Å². The molecule has 37 heavy (non-hydrogen) atoms. The van der Waals surface area contributed by atoms with E-state index in [1.807, 2.05) is 0 Å². The third kappa shape index (κ3) is 5.09. The maximum absolute atomic E-state index is 14.1. The fraction of sp³-hybridized carbons (Fsp3) is 0.200. The molecule has 0 spiro atoms. The van der Waals surface area contributed by atoms with Gasteiger partial charge in [-0.2, -0.15) is 13.2 Å². The highest BCUT2D eigenvalue weighted by Gasteiger charge is 2.38. The number of carbonyl (C=O) groups is 2. The second-order valence-electron chi connectivity index (χ2n) is 8.01. The highest BCUT2D eigenvalue weighted by Crippen LogP contribution is 2.45. The van der Waals surface area contributed by atoms with E-state index in [1.54, 1.807) is 0 Å². The summed E-state index contributed by atoms with van der Waals surface area (Å²) in [5.41, 5.74) is -2.20. The largest absolute Gasteiger partial charge is 0.496 e. The Balaban J connectivity index is 1.90. The molecule has 0 fully saturated rings. The Morgan fingerprint density at radius 2 is 1.92 bits per heavy atom. The lowest BCUT2D eigenvalue weighted by Crippen LogP contribution is -2.21. The van der Waals surface area contributed by atoms with Gasteiger partial charge in [0.1, 0.15) is 17.4 Å². The molecule has 0 aliphatic carbocycles. The van der Waals surface area contributed by atoms with Gasteiger partial charge in [-0.3, -0.25) is 9.59 Å². The van der Waals surface area contributed by atoms with Crippen molar-refractivity contribution in [3.8, 4) is 5.75 Å². The zero-order valence-electron chi connectivity index (χ0n) is 21.8. The van der Waals surface area contributed by atoms with Crippen molar-refractivity contribution in [2.24, 2.45) is 0 Å². The minimum atomic E-state index is -4.94. The van der Waals surface area contributed by atoms with E-state index in [9.17, 15) is 31.5 Å². The molecule has 0 saturated carbocycles. The highest BCUT2D eigenvalue weighted by molar-refractivity contribution is 6.31. The van der Waals surface area contributed by atoms with Crippen LogP contribution in [0.3, 0.4) is 0 Å². The summed E-state index contributed by atoms with van der Waals surface area (Å²) in [6.45, 7) is -2.99. The van der Waals surface area contributed by atoms with Gasteiger partial charge in [-0.25, -0.2) is 8.78 Å². The number of hydrogen-bond acceptors (Lipinski definition) is 4. The second-order valence-corrected chi connectivity index (χ2v) is 8.42. The zero-order valence-corrected chi connectivity index (χ0v) is 19.6. The van der Waals surface area contributed by atoms with E-state index in [0.29, 0.717) is 12.1 Å². The summed E-state index contributed by atoms with van der Waals surface area (Å²) in [6, 6.07) is 4.73. The van der Waals surface area contributed by atoms with Crippen molar-refractivity contribution < 1.29 is 40.4 Å². The van der Waals surface area contributed by atoms with E-state index < -0.39 is 53.8 Å². The van der Waals surface area contributed by atoms with Crippen molar-refractivity contribution in [3.63, 3.8) is 0 Å². The number of hydrogen-bond donors (Lipinski definition) is 3. The maximum Gasteiger partial charge on any atom is 0.416 e. The molecule has 0 aromatic heterocycles. The van der Waals surface area contributed by atoms with Gasteiger partial charge in [0.05, 0.1) is 24.3 Å². The molecule has 12 heteroatoms. The topological polar surface area (TPSA) is 79.5 Å². The van der Waals surface area contributed by atoms with Crippen molar-refractivity contribution in [3.05, 3.63) is 92.5 Å². The van der Waals surface area contributed by atoms with Gasteiger partial charge in [-0.15, -0.1) is 0 Å². The molecule has 6 nitrogen and oxygen atoms in total. The number of fused-ring (bicyclic) bond motifs is 1. The van der Waals surface area contributed by atoms with Gasteiger partial charge in [-0.1, -0.05) is 11.6 Å². The number of rotatable bonds is 6. The summed E-state index contributed by atoms with van der Waals surface area (Å²) in [7, 11) is 1.22. The quantitative estimate of drug-likeness (QED) is 0.362. The average molecular weight is 543 g/mol. The Morgan fingerprint density at radius 1 is 1.16 bits per heavy atom. The number of nitrogens with one attached hydrogen (secondary N) is 3. The molecule has 1 unspecified atom stereocenters. The molecule has 1 aliphatic heterocycles. The number of amides is 2. The van der Waals surface area contributed by atoms with Crippen LogP contribution in [0.15, 0.2) is 42.5 Å². The first-order chi connectivity index (χ1) is 18.6. The fourth-order valence-electron chi connectivity index (χ4n) is 4.15. The molecule has 2 amide bonds. The molecule has 1 aliphatic rings. The first-order valence-corrected chi connectivity index (χ1v) is 10.9. The van der Waals surface area contributed by atoms with Gasteiger partial charge in [-0.05, 0) is 49.4 Å². The summed E-state index contributed by atoms with van der Waals surface area (Å²) in [5.74, 6) is -3.99. The number of benzene rings is 3. The Kier molecular flexibility index (Phi) is 6.07. The molecular formula is C25H19ClF5N3O3. The number of alkyl halides is 3. The summed E-state index contributed by atoms with van der Waals surface area (Å²) in [4.78, 5) is 26.2. The molecule has 4 rings (SSSR count). The first-order valence-electron chi connectivity index (χ1n) is 12.0. The normalized spacial score (nSPS) is 16.4. The molecule has 1 heterocycles. The fourth-order valence-corrected chi connectivity index (χ4v) is 4.37. The van der Waals surface area contributed by atoms with Crippen molar-refractivity contribution in [2.45, 2.75) is 18.8 Å². The predicted molar refractivity (Wildman–Crippen MR) is 126 cm³/mol. The summed E-state index contributed by atoms with van der Waals surface area (Å²) in [6.07, 6.45) is -4.94. The van der Waals surface area contributed by atoms with E-state index in [1.165, 1.54) is 19.2 Å². The van der Waals surface area contributed by atoms with Gasteiger partial charge in [0.25, 0.3) is 11.8 Å². The van der Waals surface area contributed by atoms with E-state index in [-0.39, 0.29) is 51.3 Å². The summed E-state index contributed by atoms with van der Waals surface area (Å²) < 4.78 is 95.5. The summed E-state index contributed by atoms with van der Waals surface area (Å²) in [5, 5.41) is 7.29. The van der Waals surface area contributed by atoms with Crippen molar-refractivity contribution in [1.29, 1.82) is 0 Å². The number of ether oxygens (including phenoxy) is 1. The van der Waals surface area contributed by atoms with Crippen LogP contribution < -0.4 is 20.7 Å². The molecule has 0 bridgehead atoms. The smallest absolute Gasteiger partial charge is 0.416 e. The van der Waals surface area contributed by atoms with Gasteiger partial charge in [0.15, 0.2) is 0 Å². The Bertz CT molecular complexity index is 1520. The van der Waals surface area contributed by atoms with E-state index >= 15 is 0 Å². The highest BCUT2D eigenvalue weighted by atomic mass is 35.5. The van der Waals surface area contributed by atoms with Crippen molar-refractivity contribution in [2.75, 3.05) is 19.4 Å². The Hall–Kier alpha value is -3.70. The third-order valence-electron chi connectivity index (χ3n) is 5.68. The SMILES string of the molecule is [2H]C([2H])([2H])NCc1cc(NC(=O)c2cc(F)cc(C(F)(F)F)c2)c2c(c1OC)C(=O)NC2c1cc(F)ccc1Cl. The lowest BCUT2D eigenvalue weighted by molar-refractivity contribution is -0.137. The van der Waals surface area contributed by atoms with E-state index in [0.717, 1.165) is 12.1 Å². The second kappa shape index (κ2) is 9.98. The van der Waals surface area contributed by atoms with Gasteiger partial charge >= 0.3 is 6.18 Å². The standard InChI is InChI=1S/C25H19ClF5N3O3/c1-32-10-12-7-18(33-23(35)11-5-13(25(29,30)31)8-15(28)6-11)19-20(22(12)37-2)24(36)34-21(19)16-9-14(27)3-4-17(16)26/h3-9,21,32H,10H2,1-2H3,(H,33,35)(H,34,36)/i1D3. The number of carbonyl (C=O) groups excluding carboxylic acids is 2. The molecule has 0 radical (unpaired) electrons. The number of halogens is 6. The van der Waals surface area contributed by atoms with E-state index in [2.05, 4.69) is 16.0 Å². The molecular weight excluding hydrogens is 521 g/mol. The van der Waals surface area contributed by atoms with Crippen LogP contribution in [0.2, 0.25) is 5.02 Å². The van der Waals surface area contributed by atoms with Crippen LogP contribution in [-0.4, -0.2) is 25.9 Å². The lowest BCUT2D eigenvalue weighted by Gasteiger charge is -2.21. The van der Waals surface area contributed by atoms with Crippen LogP contribution in [0.25, 0.3) is 0 Å². The number of methoxy groups -OCH3 is 1. The molecule has 3 aromatic rings. The maximum atomic E-state index is 14.1. The lowest BCUT2D eigenvalue weighted by atomic mass is 9.93. The molecule has 3 aromatic carbocycles. The Morgan fingerprint density at radius 3 is 2.59 bits per heavy atom. The average Bonchev–Trinajstić information content (AvgIpc) is 3.20. The van der Waals surface area contributed by atoms with Crippen LogP contribution in [0.1, 0.15) is 53.1 Å². The van der Waals surface area contributed by atoms with Crippen molar-refractivity contribution in [1.82, 2.24) is 10.6 Å². The summed E-state index contributed by atoms with van der Waals surface area (Å²) >= 11 is 6.27. The van der Waals surface area contributed by atoms with Gasteiger partial charge < -0.3 is 20.7 Å². The zero-order chi connectivity index (χ0) is 29.6. The molecule has 0 saturated heterocycles. The van der Waals surface area contributed by atoms with Gasteiger partial charge in [0, 0.05) is 43.6 Å². The van der Waals surface area contributed by atoms with Crippen molar-refractivity contribution >= 4 is 29.1 Å². The molecule has 3 N–H and O–H groups in total. The van der Waals surface area contributed by atoms with E-state index in [4.69, 9.17) is 20.5 Å². The molecule has 194 valence electrons. The third-order valence-corrected chi connectivity index (χ3v) is 6.02. The number of anilines is 1. The van der Waals surface area contributed by atoms with Crippen LogP contribution in [-0.2, 0) is 12.7 Å². The Labute approximate surface area is 217 Å². The van der Waals surface area contributed by atoms with Crippen LogP contribution >= 0.6 is 11.6 Å². The predicted octanol–water partition coefficient (Wildman–Crippen LogP) is 5.45. The molecule has 1 atom stereocenters. The first kappa shape index (κ1) is 22.5. The monoisotopic (exact) mass is 542 g/mol. The van der Waals surface area contributed by atoms with Crippen LogP contribution in [0, 0.1) is 11.6 Å². The minimum absolute atomic E-state index is 0.0211. The van der Waals surface area contributed by atoms with Crippen LogP contribution in [0.5, 0.6) is 5.75 Å².